The normalized spacial score (nSPS) is 21.5. The molecular weight excluding hydrogens is 314 g/mol. The van der Waals surface area contributed by atoms with Crippen LogP contribution in [0.4, 0.5) is 5.69 Å². The average Bonchev–Trinajstić information content (AvgIpc) is 2.90. The molecule has 5 nitrogen and oxygen atoms in total. The average molecular weight is 332 g/mol. The first-order valence-corrected chi connectivity index (χ1v) is 7.88. The van der Waals surface area contributed by atoms with Crippen molar-refractivity contribution in [2.45, 2.75) is 18.5 Å². The van der Waals surface area contributed by atoms with Crippen molar-refractivity contribution in [1.29, 1.82) is 0 Å². The Kier molecular flexibility index (Phi) is 4.61. The van der Waals surface area contributed by atoms with Gasteiger partial charge in [-0.25, -0.2) is 0 Å². The highest BCUT2D eigenvalue weighted by atomic mass is 35.5. The second-order valence-electron chi connectivity index (χ2n) is 5.91. The first-order chi connectivity index (χ1) is 11.0. The molecule has 0 aliphatic carbocycles. The van der Waals surface area contributed by atoms with Crippen molar-refractivity contribution in [3.63, 3.8) is 0 Å². The maximum Gasteiger partial charge on any atom is 0.269 e. The Morgan fingerprint density at radius 2 is 1.96 bits per heavy atom. The molecule has 0 bridgehead atoms. The Labute approximate surface area is 139 Å². The van der Waals surface area contributed by atoms with E-state index < -0.39 is 4.92 Å². The maximum atomic E-state index is 10.9. The quantitative estimate of drug-likeness (QED) is 0.690. The fourth-order valence-corrected chi connectivity index (χ4v) is 3.31. The third kappa shape index (κ3) is 3.52. The second kappa shape index (κ2) is 6.66. The predicted molar refractivity (Wildman–Crippen MR) is 90.5 cm³/mol. The molecule has 120 valence electrons. The number of non-ortho nitro benzene ring substituents is 1. The van der Waals surface area contributed by atoms with Gasteiger partial charge >= 0.3 is 0 Å². The van der Waals surface area contributed by atoms with E-state index in [1.54, 1.807) is 12.1 Å². The van der Waals surface area contributed by atoms with Gasteiger partial charge in [-0.3, -0.25) is 15.0 Å². The Hall–Kier alpha value is -1.95. The summed E-state index contributed by atoms with van der Waals surface area (Å²) in [4.78, 5) is 12.7. The molecule has 0 unspecified atom stereocenters. The molecule has 6 heteroatoms. The van der Waals surface area contributed by atoms with Gasteiger partial charge in [0.05, 0.1) is 4.92 Å². The van der Waals surface area contributed by atoms with E-state index in [9.17, 15) is 10.1 Å². The molecule has 1 fully saturated rings. The number of benzene rings is 2. The smallest absolute Gasteiger partial charge is 0.269 e. The molecule has 2 atom stereocenters. The fourth-order valence-electron chi connectivity index (χ4n) is 3.13. The van der Waals surface area contributed by atoms with Crippen LogP contribution in [0.2, 0.25) is 5.02 Å². The Morgan fingerprint density at radius 1 is 1.22 bits per heavy atom. The van der Waals surface area contributed by atoms with Crippen molar-refractivity contribution < 1.29 is 4.92 Å². The summed E-state index contributed by atoms with van der Waals surface area (Å²) in [6, 6.07) is 14.8. The van der Waals surface area contributed by atoms with Gasteiger partial charge in [-0.2, -0.15) is 0 Å². The van der Waals surface area contributed by atoms with Crippen molar-refractivity contribution in [3.05, 3.63) is 74.8 Å². The van der Waals surface area contributed by atoms with Crippen molar-refractivity contribution in [2.75, 3.05) is 13.1 Å². The van der Waals surface area contributed by atoms with Gasteiger partial charge in [0.15, 0.2) is 0 Å². The minimum absolute atomic E-state index is 0.0508. The van der Waals surface area contributed by atoms with Gasteiger partial charge < -0.3 is 5.73 Å². The molecule has 23 heavy (non-hydrogen) atoms. The van der Waals surface area contributed by atoms with E-state index in [2.05, 4.69) is 17.0 Å². The summed E-state index contributed by atoms with van der Waals surface area (Å²) in [6.45, 7) is 2.14. The summed E-state index contributed by atoms with van der Waals surface area (Å²) < 4.78 is 0. The number of likely N-dealkylation sites (tertiary alicyclic amines) is 1. The third-order valence-electron chi connectivity index (χ3n) is 4.30. The molecule has 2 aromatic carbocycles. The largest absolute Gasteiger partial charge is 0.326 e. The van der Waals surface area contributed by atoms with E-state index in [0.29, 0.717) is 11.6 Å². The predicted octanol–water partition coefficient (Wildman–Crippen LogP) is 3.17. The van der Waals surface area contributed by atoms with Crippen LogP contribution in [-0.4, -0.2) is 29.0 Å². The molecule has 3 rings (SSSR count). The lowest BCUT2D eigenvalue weighted by atomic mass is 9.95. The van der Waals surface area contributed by atoms with Gasteiger partial charge in [0.25, 0.3) is 5.69 Å². The zero-order valence-corrected chi connectivity index (χ0v) is 13.3. The molecule has 0 radical (unpaired) electrons. The molecule has 1 aliphatic heterocycles. The number of nitrogens with zero attached hydrogens (tertiary/aromatic N) is 2. The number of hydrogen-bond acceptors (Lipinski definition) is 4. The Bertz CT molecular complexity index is 708. The topological polar surface area (TPSA) is 72.4 Å². The number of rotatable bonds is 4. The zero-order valence-electron chi connectivity index (χ0n) is 12.6. The first-order valence-electron chi connectivity index (χ1n) is 7.50. The van der Waals surface area contributed by atoms with Gasteiger partial charge in [0.1, 0.15) is 0 Å². The number of nitro groups is 1. The number of halogens is 1. The van der Waals surface area contributed by atoms with Crippen LogP contribution in [0.25, 0.3) is 0 Å². The standard InChI is InChI=1S/C17H18ClN3O2/c18-16-7-6-14(21(22)23)8-13(16)9-20-10-15(17(19)11-20)12-4-2-1-3-5-12/h1-8,15,17H,9-11,19H2/t15-,17+/m0/s1. The summed E-state index contributed by atoms with van der Waals surface area (Å²) in [5, 5.41) is 11.5. The lowest BCUT2D eigenvalue weighted by Crippen LogP contribution is -2.28. The van der Waals surface area contributed by atoms with E-state index in [0.717, 1.165) is 18.7 Å². The van der Waals surface area contributed by atoms with Crippen molar-refractivity contribution in [2.24, 2.45) is 5.73 Å². The molecule has 0 spiro atoms. The van der Waals surface area contributed by atoms with Gasteiger partial charge in [0.2, 0.25) is 0 Å². The van der Waals surface area contributed by atoms with Crippen LogP contribution < -0.4 is 5.73 Å². The van der Waals surface area contributed by atoms with Gasteiger partial charge in [0, 0.05) is 48.7 Å². The summed E-state index contributed by atoms with van der Waals surface area (Å²) in [6.07, 6.45) is 0. The molecule has 1 aliphatic rings. The van der Waals surface area contributed by atoms with E-state index in [4.69, 9.17) is 17.3 Å². The van der Waals surface area contributed by atoms with Crippen LogP contribution in [-0.2, 0) is 6.54 Å². The molecule has 2 aromatic rings. The number of nitrogens with two attached hydrogens (primary N) is 1. The molecular formula is C17H18ClN3O2. The lowest BCUT2D eigenvalue weighted by molar-refractivity contribution is -0.384. The fraction of sp³-hybridized carbons (Fsp3) is 0.294. The molecule has 1 saturated heterocycles. The van der Waals surface area contributed by atoms with E-state index in [1.165, 1.54) is 11.6 Å². The molecule has 0 aromatic heterocycles. The van der Waals surface area contributed by atoms with Gasteiger partial charge in [-0.1, -0.05) is 41.9 Å². The van der Waals surface area contributed by atoms with Crippen LogP contribution in [0.3, 0.4) is 0 Å². The Balaban J connectivity index is 1.75. The highest BCUT2D eigenvalue weighted by Crippen LogP contribution is 2.29. The summed E-state index contributed by atoms with van der Waals surface area (Å²) in [7, 11) is 0. The molecule has 0 amide bonds. The first kappa shape index (κ1) is 15.9. The van der Waals surface area contributed by atoms with Gasteiger partial charge in [-0.15, -0.1) is 0 Å². The summed E-state index contributed by atoms with van der Waals surface area (Å²) in [5.74, 6) is 0.272. The van der Waals surface area contributed by atoms with E-state index in [1.807, 2.05) is 18.2 Å². The monoisotopic (exact) mass is 331 g/mol. The molecule has 1 heterocycles. The highest BCUT2D eigenvalue weighted by molar-refractivity contribution is 6.31. The second-order valence-corrected chi connectivity index (χ2v) is 6.32. The van der Waals surface area contributed by atoms with Crippen LogP contribution in [0.1, 0.15) is 17.0 Å². The maximum absolute atomic E-state index is 10.9. The minimum Gasteiger partial charge on any atom is -0.326 e. The highest BCUT2D eigenvalue weighted by Gasteiger charge is 2.31. The van der Waals surface area contributed by atoms with Crippen molar-refractivity contribution in [1.82, 2.24) is 4.90 Å². The van der Waals surface area contributed by atoms with E-state index in [-0.39, 0.29) is 17.6 Å². The molecule has 2 N–H and O–H groups in total. The number of nitro benzene ring substituents is 1. The lowest BCUT2D eigenvalue weighted by Gasteiger charge is -2.16. The molecule has 0 saturated carbocycles. The van der Waals surface area contributed by atoms with E-state index >= 15 is 0 Å². The minimum atomic E-state index is -0.400. The van der Waals surface area contributed by atoms with Crippen LogP contribution in [0, 0.1) is 10.1 Å². The zero-order chi connectivity index (χ0) is 16.4. The summed E-state index contributed by atoms with van der Waals surface area (Å²) >= 11 is 6.19. The van der Waals surface area contributed by atoms with Crippen LogP contribution >= 0.6 is 11.6 Å². The Morgan fingerprint density at radius 3 is 2.65 bits per heavy atom. The third-order valence-corrected chi connectivity index (χ3v) is 4.67. The van der Waals surface area contributed by atoms with Crippen molar-refractivity contribution in [3.8, 4) is 0 Å². The van der Waals surface area contributed by atoms with Gasteiger partial charge in [-0.05, 0) is 17.2 Å². The summed E-state index contributed by atoms with van der Waals surface area (Å²) in [5.41, 5.74) is 8.35. The van der Waals surface area contributed by atoms with Crippen molar-refractivity contribution >= 4 is 17.3 Å². The van der Waals surface area contributed by atoms with Crippen LogP contribution in [0.15, 0.2) is 48.5 Å². The SMILES string of the molecule is N[C@@H]1CN(Cc2cc([N+](=O)[O-])ccc2Cl)C[C@H]1c1ccccc1. The number of hydrogen-bond donors (Lipinski definition) is 1. The van der Waals surface area contributed by atoms with Crippen LogP contribution in [0.5, 0.6) is 0 Å².